The van der Waals surface area contributed by atoms with Crippen molar-refractivity contribution < 1.29 is 30.0 Å². The van der Waals surface area contributed by atoms with Crippen LogP contribution in [-0.2, 0) is 24.9 Å². The maximum atomic E-state index is 10.0. The molecule has 0 aliphatic carbocycles. The first-order valence-electron chi connectivity index (χ1n) is 9.50. The molecular weight excluding hydrogens is 551 g/mol. The number of pyridine rings is 1. The van der Waals surface area contributed by atoms with E-state index in [4.69, 9.17) is 5.11 Å². The number of rotatable bonds is 2. The van der Waals surface area contributed by atoms with Crippen molar-refractivity contribution in [2.45, 2.75) is 27.7 Å². The van der Waals surface area contributed by atoms with E-state index in [9.17, 15) is 4.79 Å². The summed E-state index contributed by atoms with van der Waals surface area (Å²) in [6.07, 6.45) is 3.07. The van der Waals surface area contributed by atoms with Crippen molar-refractivity contribution in [3.05, 3.63) is 89.8 Å². The molecule has 0 saturated carbocycles. The first kappa shape index (κ1) is 23.5. The zero-order valence-corrected chi connectivity index (χ0v) is 19.9. The minimum Gasteiger partial charge on any atom is -0.512 e. The topological polar surface area (TPSA) is 50.2 Å². The van der Waals surface area contributed by atoms with Crippen LogP contribution in [0.3, 0.4) is 0 Å². The van der Waals surface area contributed by atoms with Gasteiger partial charge in [-0.25, -0.2) is 0 Å². The summed E-state index contributed by atoms with van der Waals surface area (Å²) in [5.74, 6) is -0.0625. The van der Waals surface area contributed by atoms with Gasteiger partial charge >= 0.3 is 0 Å². The molecule has 0 saturated heterocycles. The summed E-state index contributed by atoms with van der Waals surface area (Å²) in [5, 5.41) is 13.3. The van der Waals surface area contributed by atoms with E-state index < -0.39 is 0 Å². The Morgan fingerprint density at radius 2 is 1.70 bits per heavy atom. The zero-order chi connectivity index (χ0) is 21.0. The Bertz CT molecular complexity index is 1200. The number of aliphatic hydroxyl groups excluding tert-OH is 1. The second-order valence-electron chi connectivity index (χ2n) is 7.19. The zero-order valence-electron chi connectivity index (χ0n) is 17.5. The second kappa shape index (κ2) is 10.3. The average Bonchev–Trinajstić information content (AvgIpc) is 2.66. The maximum Gasteiger partial charge on any atom is 0.155 e. The molecule has 0 fully saturated rings. The molecule has 0 aliphatic rings. The fourth-order valence-electron chi connectivity index (χ4n) is 3.47. The Morgan fingerprint density at radius 3 is 2.33 bits per heavy atom. The van der Waals surface area contributed by atoms with Crippen LogP contribution in [0.25, 0.3) is 32.8 Å². The Balaban J connectivity index is 0.000000350. The molecular formula is C26H24IrNO2-. The smallest absolute Gasteiger partial charge is 0.155 e. The number of allylic oxidation sites excluding steroid dienone is 2. The third kappa shape index (κ3) is 5.62. The SMILES string of the molecule is CC(=O)/C=C(/C)O.Cc1[c-]c(-c2nccc3c2ccc2ccccc23)cc(C)c1.[Ir]. The van der Waals surface area contributed by atoms with Crippen LogP contribution in [0, 0.1) is 19.9 Å². The van der Waals surface area contributed by atoms with Gasteiger partial charge in [0.05, 0.1) is 5.76 Å². The minimum absolute atomic E-state index is 0. The quantitative estimate of drug-likeness (QED) is 0.129. The molecule has 0 atom stereocenters. The van der Waals surface area contributed by atoms with E-state index in [1.165, 1.54) is 47.0 Å². The number of fused-ring (bicyclic) bond motifs is 3. The number of ketones is 1. The molecule has 1 N–H and O–H groups in total. The summed E-state index contributed by atoms with van der Waals surface area (Å²) in [4.78, 5) is 14.7. The number of carbonyl (C=O) groups excluding carboxylic acids is 1. The Hall–Kier alpha value is -2.81. The second-order valence-corrected chi connectivity index (χ2v) is 7.19. The molecule has 0 amide bonds. The molecule has 3 aromatic carbocycles. The summed E-state index contributed by atoms with van der Waals surface area (Å²) in [6.45, 7) is 7.04. The minimum atomic E-state index is -0.125. The van der Waals surface area contributed by atoms with Gasteiger partial charge in [-0.05, 0) is 47.2 Å². The number of aryl methyl sites for hydroxylation is 2. The van der Waals surface area contributed by atoms with E-state index in [1.54, 1.807) is 0 Å². The summed E-state index contributed by atoms with van der Waals surface area (Å²) in [5.41, 5.74) is 4.47. The number of hydrogen-bond donors (Lipinski definition) is 1. The van der Waals surface area contributed by atoms with Gasteiger partial charge in [-0.15, -0.1) is 34.9 Å². The van der Waals surface area contributed by atoms with Gasteiger partial charge in [-0.3, -0.25) is 4.79 Å². The van der Waals surface area contributed by atoms with Gasteiger partial charge in [-0.1, -0.05) is 50.2 Å². The van der Waals surface area contributed by atoms with Crippen molar-refractivity contribution in [2.24, 2.45) is 0 Å². The first-order chi connectivity index (χ1) is 13.8. The predicted octanol–water partition coefficient (Wildman–Crippen LogP) is 6.51. The molecule has 30 heavy (non-hydrogen) atoms. The van der Waals surface area contributed by atoms with Crippen molar-refractivity contribution in [1.82, 2.24) is 4.98 Å². The third-order valence-corrected chi connectivity index (χ3v) is 4.49. The van der Waals surface area contributed by atoms with Crippen molar-refractivity contribution >= 4 is 27.3 Å². The molecule has 1 radical (unpaired) electrons. The van der Waals surface area contributed by atoms with Crippen LogP contribution in [0.1, 0.15) is 25.0 Å². The molecule has 4 aromatic rings. The van der Waals surface area contributed by atoms with Crippen molar-refractivity contribution in [2.75, 3.05) is 0 Å². The van der Waals surface area contributed by atoms with Crippen molar-refractivity contribution in [1.29, 1.82) is 0 Å². The fraction of sp³-hybridized carbons (Fsp3) is 0.154. The largest absolute Gasteiger partial charge is 0.512 e. The number of aliphatic hydroxyl groups is 1. The van der Waals surface area contributed by atoms with E-state index >= 15 is 0 Å². The van der Waals surface area contributed by atoms with Gasteiger partial charge in [0.2, 0.25) is 0 Å². The molecule has 1 heterocycles. The molecule has 0 bridgehead atoms. The Kier molecular flexibility index (Phi) is 8.05. The molecule has 1 aromatic heterocycles. The summed E-state index contributed by atoms with van der Waals surface area (Å²) >= 11 is 0. The number of carbonyl (C=O) groups is 1. The maximum absolute atomic E-state index is 10.0. The van der Waals surface area contributed by atoms with Crippen LogP contribution < -0.4 is 0 Å². The predicted molar refractivity (Wildman–Crippen MR) is 120 cm³/mol. The van der Waals surface area contributed by atoms with Crippen LogP contribution in [0.5, 0.6) is 0 Å². The van der Waals surface area contributed by atoms with Crippen LogP contribution in [-0.4, -0.2) is 15.9 Å². The Morgan fingerprint density at radius 1 is 0.967 bits per heavy atom. The third-order valence-electron chi connectivity index (χ3n) is 4.49. The monoisotopic (exact) mass is 575 g/mol. The molecule has 3 nitrogen and oxygen atoms in total. The van der Waals surface area contributed by atoms with E-state index in [0.717, 1.165) is 16.8 Å². The first-order valence-corrected chi connectivity index (χ1v) is 9.50. The van der Waals surface area contributed by atoms with Crippen LogP contribution in [0.15, 0.2) is 72.6 Å². The summed E-state index contributed by atoms with van der Waals surface area (Å²) in [7, 11) is 0. The number of benzene rings is 3. The normalized spacial score (nSPS) is 10.9. The van der Waals surface area contributed by atoms with E-state index in [2.05, 4.69) is 79.5 Å². The molecule has 0 unspecified atom stereocenters. The van der Waals surface area contributed by atoms with E-state index in [0.29, 0.717) is 0 Å². The molecule has 0 spiro atoms. The van der Waals surface area contributed by atoms with Crippen LogP contribution in [0.2, 0.25) is 0 Å². The van der Waals surface area contributed by atoms with Crippen molar-refractivity contribution in [3.8, 4) is 11.3 Å². The van der Waals surface area contributed by atoms with Crippen LogP contribution in [0.4, 0.5) is 0 Å². The van der Waals surface area contributed by atoms with Gasteiger partial charge in [0.15, 0.2) is 5.78 Å². The molecule has 4 rings (SSSR count). The average molecular weight is 575 g/mol. The summed E-state index contributed by atoms with van der Waals surface area (Å²) in [6, 6.07) is 22.7. The number of nitrogens with zero attached hydrogens (tertiary/aromatic N) is 1. The van der Waals surface area contributed by atoms with Gasteiger partial charge in [-0.2, -0.15) is 0 Å². The summed E-state index contributed by atoms with van der Waals surface area (Å²) < 4.78 is 0. The van der Waals surface area contributed by atoms with Crippen LogP contribution >= 0.6 is 0 Å². The molecule has 155 valence electrons. The van der Waals surface area contributed by atoms with E-state index in [-0.39, 0.29) is 31.6 Å². The van der Waals surface area contributed by atoms with Gasteiger partial charge in [0, 0.05) is 32.4 Å². The van der Waals surface area contributed by atoms with Gasteiger partial charge < -0.3 is 10.1 Å². The van der Waals surface area contributed by atoms with Gasteiger partial charge in [0.1, 0.15) is 0 Å². The number of aromatic nitrogens is 1. The Labute approximate surface area is 190 Å². The fourth-order valence-corrected chi connectivity index (χ4v) is 3.47. The molecule has 0 aliphatic heterocycles. The van der Waals surface area contributed by atoms with E-state index in [1.807, 2.05) is 6.20 Å². The standard InChI is InChI=1S/C21H16N.C5H8O2.Ir/c1-14-11-15(2)13-17(12-14)21-20-8-7-16-5-3-4-6-18(16)19(20)9-10-22-21;1-4(6)3-5(2)7;/h3-12H,1-2H3;3,6H,1-2H3;/q-1;;/b;4-3-;. The van der Waals surface area contributed by atoms with Crippen molar-refractivity contribution in [3.63, 3.8) is 0 Å². The number of hydrogen-bond acceptors (Lipinski definition) is 3. The molecule has 4 heteroatoms. The van der Waals surface area contributed by atoms with Gasteiger partial charge in [0.25, 0.3) is 0 Å².